The van der Waals surface area contributed by atoms with Gasteiger partial charge in [0.05, 0.1) is 23.4 Å². The second-order valence-corrected chi connectivity index (χ2v) is 6.59. The van der Waals surface area contributed by atoms with E-state index in [0.717, 1.165) is 6.42 Å². The molecular formula is C18H19N5O4. The lowest BCUT2D eigenvalue weighted by molar-refractivity contribution is -0.130. The van der Waals surface area contributed by atoms with Crippen LogP contribution < -0.4 is 11.1 Å². The molecule has 1 aromatic carbocycles. The summed E-state index contributed by atoms with van der Waals surface area (Å²) in [5.74, 6) is -0.830. The first-order chi connectivity index (χ1) is 13.0. The Labute approximate surface area is 154 Å². The number of aromatic nitrogens is 3. The van der Waals surface area contributed by atoms with Crippen molar-refractivity contribution in [3.63, 3.8) is 0 Å². The number of oxazole rings is 1. The normalized spacial score (nSPS) is 16.8. The molecule has 4 rings (SSSR count). The Kier molecular flexibility index (Phi) is 4.27. The van der Waals surface area contributed by atoms with Crippen molar-refractivity contribution in [2.45, 2.75) is 25.9 Å². The molecule has 1 unspecified atom stereocenters. The fourth-order valence-electron chi connectivity index (χ4n) is 3.39. The van der Waals surface area contributed by atoms with Gasteiger partial charge >= 0.3 is 5.76 Å². The van der Waals surface area contributed by atoms with Crippen LogP contribution >= 0.6 is 0 Å². The maximum Gasteiger partial charge on any atom is 0.420 e. The number of anilines is 1. The Hall–Kier alpha value is -3.36. The number of amides is 2. The van der Waals surface area contributed by atoms with Crippen LogP contribution in [-0.2, 0) is 16.1 Å². The molecule has 27 heavy (non-hydrogen) atoms. The largest absolute Gasteiger partial charge is 0.420 e. The molecule has 9 nitrogen and oxygen atoms in total. The molecule has 0 bridgehead atoms. The summed E-state index contributed by atoms with van der Waals surface area (Å²) in [6.45, 7) is 2.47. The molecule has 1 atom stereocenters. The van der Waals surface area contributed by atoms with Crippen molar-refractivity contribution in [1.29, 1.82) is 0 Å². The smallest absolute Gasteiger partial charge is 0.408 e. The summed E-state index contributed by atoms with van der Waals surface area (Å²) >= 11 is 0. The zero-order chi connectivity index (χ0) is 19.0. The highest BCUT2D eigenvalue weighted by atomic mass is 16.4. The highest BCUT2D eigenvalue weighted by Gasteiger charge is 2.28. The number of nitrogens with one attached hydrogen (secondary N) is 1. The molecule has 140 valence electrons. The summed E-state index contributed by atoms with van der Waals surface area (Å²) < 4.78 is 8.29. The van der Waals surface area contributed by atoms with E-state index in [-0.39, 0.29) is 24.4 Å². The van der Waals surface area contributed by atoms with Gasteiger partial charge in [0.25, 0.3) is 0 Å². The summed E-state index contributed by atoms with van der Waals surface area (Å²) in [6, 6.07) is 7.08. The summed E-state index contributed by atoms with van der Waals surface area (Å²) in [4.78, 5) is 37.6. The van der Waals surface area contributed by atoms with Crippen LogP contribution in [0, 0.1) is 0 Å². The van der Waals surface area contributed by atoms with Crippen LogP contribution in [0.1, 0.15) is 19.4 Å². The van der Waals surface area contributed by atoms with E-state index < -0.39 is 5.76 Å². The number of fused-ring (bicyclic) bond motifs is 1. The van der Waals surface area contributed by atoms with Crippen LogP contribution in [0.2, 0.25) is 0 Å². The van der Waals surface area contributed by atoms with Gasteiger partial charge < -0.3 is 14.6 Å². The first kappa shape index (κ1) is 17.1. The molecule has 0 spiro atoms. The fraction of sp³-hybridized carbons (Fsp3) is 0.333. The molecule has 1 N–H and O–H groups in total. The lowest BCUT2D eigenvalue weighted by atomic mass is 10.3. The van der Waals surface area contributed by atoms with E-state index in [0.29, 0.717) is 29.9 Å². The number of para-hydroxylation sites is 2. The Morgan fingerprint density at radius 3 is 2.96 bits per heavy atom. The number of nitrogens with zero attached hydrogens (tertiary/aromatic N) is 4. The zero-order valence-electron chi connectivity index (χ0n) is 14.8. The van der Waals surface area contributed by atoms with Crippen molar-refractivity contribution in [2.24, 2.45) is 0 Å². The van der Waals surface area contributed by atoms with Crippen molar-refractivity contribution in [1.82, 2.24) is 19.2 Å². The fourth-order valence-corrected chi connectivity index (χ4v) is 3.39. The van der Waals surface area contributed by atoms with Gasteiger partial charge in [0.2, 0.25) is 11.8 Å². The SMILES string of the molecule is CC(=O)Nc1cnn(C2CCN(C(=O)Cn3c(=O)oc4ccccc43)C2)c1. The predicted molar refractivity (Wildman–Crippen MR) is 97.2 cm³/mol. The molecule has 1 aliphatic rings. The Balaban J connectivity index is 1.45. The molecule has 1 fully saturated rings. The van der Waals surface area contributed by atoms with Gasteiger partial charge in [-0.15, -0.1) is 0 Å². The number of carbonyl (C=O) groups is 2. The van der Waals surface area contributed by atoms with Gasteiger partial charge in [-0.1, -0.05) is 12.1 Å². The van der Waals surface area contributed by atoms with E-state index in [1.165, 1.54) is 11.5 Å². The van der Waals surface area contributed by atoms with Crippen molar-refractivity contribution in [3.8, 4) is 0 Å². The average Bonchev–Trinajstić information content (AvgIpc) is 3.34. The molecule has 3 heterocycles. The topological polar surface area (TPSA) is 102 Å². The first-order valence-electron chi connectivity index (χ1n) is 8.69. The number of benzene rings is 1. The van der Waals surface area contributed by atoms with Gasteiger partial charge in [-0.2, -0.15) is 5.10 Å². The maximum atomic E-state index is 12.7. The lowest BCUT2D eigenvalue weighted by Crippen LogP contribution is -2.34. The molecule has 3 aromatic rings. The summed E-state index contributed by atoms with van der Waals surface area (Å²) in [7, 11) is 0. The van der Waals surface area contributed by atoms with E-state index in [1.54, 1.807) is 46.2 Å². The molecule has 0 aliphatic carbocycles. The number of carbonyl (C=O) groups excluding carboxylic acids is 2. The second-order valence-electron chi connectivity index (χ2n) is 6.59. The number of hydrogen-bond donors (Lipinski definition) is 1. The monoisotopic (exact) mass is 369 g/mol. The molecule has 1 aliphatic heterocycles. The number of hydrogen-bond acceptors (Lipinski definition) is 5. The van der Waals surface area contributed by atoms with Crippen LogP contribution in [0.25, 0.3) is 11.1 Å². The Morgan fingerprint density at radius 1 is 1.33 bits per heavy atom. The van der Waals surface area contributed by atoms with Crippen molar-refractivity contribution >= 4 is 28.6 Å². The second kappa shape index (κ2) is 6.75. The molecule has 2 amide bonds. The number of likely N-dealkylation sites (tertiary alicyclic amines) is 1. The third kappa shape index (κ3) is 3.35. The van der Waals surface area contributed by atoms with Gasteiger partial charge in [-0.25, -0.2) is 4.79 Å². The minimum Gasteiger partial charge on any atom is -0.408 e. The molecule has 2 aromatic heterocycles. The molecule has 1 saturated heterocycles. The summed E-state index contributed by atoms with van der Waals surface area (Å²) in [5, 5.41) is 6.95. The standard InChI is InChI=1S/C18H19N5O4/c1-12(24)20-13-8-19-23(9-13)14-6-7-21(10-14)17(25)11-22-15-4-2-3-5-16(15)27-18(22)26/h2-5,8-9,14H,6-7,10-11H2,1H3,(H,20,24). The zero-order valence-corrected chi connectivity index (χ0v) is 14.8. The Morgan fingerprint density at radius 2 is 2.15 bits per heavy atom. The van der Waals surface area contributed by atoms with Gasteiger partial charge in [0.15, 0.2) is 5.58 Å². The maximum absolute atomic E-state index is 12.7. The Bertz CT molecular complexity index is 1060. The molecule has 9 heteroatoms. The van der Waals surface area contributed by atoms with Gasteiger partial charge in [0, 0.05) is 26.2 Å². The minimum atomic E-state index is -0.535. The van der Waals surface area contributed by atoms with Crippen LogP contribution in [-0.4, -0.2) is 44.2 Å². The van der Waals surface area contributed by atoms with Gasteiger partial charge in [-0.05, 0) is 18.6 Å². The third-order valence-corrected chi connectivity index (χ3v) is 4.68. The molecule has 0 saturated carbocycles. The van der Waals surface area contributed by atoms with Gasteiger partial charge in [0.1, 0.15) is 6.54 Å². The lowest BCUT2D eigenvalue weighted by Gasteiger charge is -2.16. The van der Waals surface area contributed by atoms with Crippen molar-refractivity contribution < 1.29 is 14.0 Å². The molecular weight excluding hydrogens is 350 g/mol. The van der Waals surface area contributed by atoms with Crippen molar-refractivity contribution in [2.75, 3.05) is 18.4 Å². The highest BCUT2D eigenvalue weighted by Crippen LogP contribution is 2.23. The van der Waals surface area contributed by atoms with Crippen LogP contribution in [0.3, 0.4) is 0 Å². The average molecular weight is 369 g/mol. The van der Waals surface area contributed by atoms with E-state index in [4.69, 9.17) is 4.42 Å². The molecule has 0 radical (unpaired) electrons. The van der Waals surface area contributed by atoms with E-state index >= 15 is 0 Å². The first-order valence-corrected chi connectivity index (χ1v) is 8.69. The van der Waals surface area contributed by atoms with Crippen LogP contribution in [0.5, 0.6) is 0 Å². The van der Waals surface area contributed by atoms with Crippen LogP contribution in [0.15, 0.2) is 45.9 Å². The quantitative estimate of drug-likeness (QED) is 0.745. The highest BCUT2D eigenvalue weighted by molar-refractivity contribution is 5.88. The minimum absolute atomic E-state index is 0.0364. The van der Waals surface area contributed by atoms with E-state index in [1.807, 2.05) is 0 Å². The predicted octanol–water partition coefficient (Wildman–Crippen LogP) is 1.22. The van der Waals surface area contributed by atoms with Crippen molar-refractivity contribution in [3.05, 3.63) is 47.2 Å². The summed E-state index contributed by atoms with van der Waals surface area (Å²) in [6.07, 6.45) is 4.10. The summed E-state index contributed by atoms with van der Waals surface area (Å²) in [5.41, 5.74) is 1.71. The van der Waals surface area contributed by atoms with Crippen LogP contribution in [0.4, 0.5) is 5.69 Å². The van der Waals surface area contributed by atoms with E-state index in [9.17, 15) is 14.4 Å². The van der Waals surface area contributed by atoms with E-state index in [2.05, 4.69) is 10.4 Å². The number of rotatable bonds is 4. The third-order valence-electron chi connectivity index (χ3n) is 4.68. The van der Waals surface area contributed by atoms with Gasteiger partial charge in [-0.3, -0.25) is 18.8 Å².